The summed E-state index contributed by atoms with van der Waals surface area (Å²) in [6.07, 6.45) is 3.76. The van der Waals surface area contributed by atoms with Gasteiger partial charge >= 0.3 is 6.09 Å². The Morgan fingerprint density at radius 2 is 2.00 bits per heavy atom. The first-order chi connectivity index (χ1) is 14.8. The lowest BCUT2D eigenvalue weighted by molar-refractivity contribution is 0.0941. The van der Waals surface area contributed by atoms with Gasteiger partial charge in [-0.1, -0.05) is 45.0 Å². The average molecular weight is 442 g/mol. The summed E-state index contributed by atoms with van der Waals surface area (Å²) >= 11 is 1.51. The van der Waals surface area contributed by atoms with Gasteiger partial charge in [-0.2, -0.15) is 0 Å². The number of ether oxygens (including phenoxy) is 1. The zero-order valence-corrected chi connectivity index (χ0v) is 19.3. The van der Waals surface area contributed by atoms with Crippen molar-refractivity contribution in [3.63, 3.8) is 0 Å². The van der Waals surface area contributed by atoms with Gasteiger partial charge < -0.3 is 15.0 Å². The highest BCUT2D eigenvalue weighted by Crippen LogP contribution is 2.32. The number of likely N-dealkylation sites (tertiary alicyclic amines) is 1. The molecule has 0 atom stereocenters. The van der Waals surface area contributed by atoms with Crippen LogP contribution >= 0.6 is 11.3 Å². The van der Waals surface area contributed by atoms with Crippen molar-refractivity contribution in [1.82, 2.24) is 9.88 Å². The number of thiazole rings is 1. The predicted octanol–water partition coefficient (Wildman–Crippen LogP) is 5.59. The summed E-state index contributed by atoms with van der Waals surface area (Å²) in [6, 6.07) is 7.88. The molecule has 1 fully saturated rings. The molecule has 0 spiro atoms. The van der Waals surface area contributed by atoms with Crippen LogP contribution in [0.4, 0.5) is 10.5 Å². The Bertz CT molecular complexity index is 924. The van der Waals surface area contributed by atoms with Crippen LogP contribution in [0, 0.1) is 0 Å². The number of anilines is 1. The van der Waals surface area contributed by atoms with E-state index in [-0.39, 0.29) is 23.3 Å². The quantitative estimate of drug-likeness (QED) is 0.469. The van der Waals surface area contributed by atoms with E-state index in [0.29, 0.717) is 31.8 Å². The van der Waals surface area contributed by atoms with Crippen LogP contribution in [0.15, 0.2) is 42.3 Å². The summed E-state index contributed by atoms with van der Waals surface area (Å²) < 4.78 is 5.24. The SMILES string of the molecule is C=CCCOC(=O)N1CCC(c2nc(C(=O)Nc3ccccc3C(C)(C)C)cs2)CC1. The molecule has 1 aromatic carbocycles. The van der Waals surface area contributed by atoms with Gasteiger partial charge in [-0.25, -0.2) is 9.78 Å². The number of nitrogens with one attached hydrogen (secondary N) is 1. The normalized spacial score (nSPS) is 14.9. The van der Waals surface area contributed by atoms with Crippen LogP contribution in [0.25, 0.3) is 0 Å². The third kappa shape index (κ3) is 5.94. The van der Waals surface area contributed by atoms with E-state index in [1.165, 1.54) is 11.3 Å². The minimum Gasteiger partial charge on any atom is -0.449 e. The maximum Gasteiger partial charge on any atom is 0.409 e. The molecule has 0 saturated carbocycles. The first-order valence-electron chi connectivity index (χ1n) is 10.7. The number of para-hydroxylation sites is 1. The predicted molar refractivity (Wildman–Crippen MR) is 125 cm³/mol. The highest BCUT2D eigenvalue weighted by Gasteiger charge is 2.27. The van der Waals surface area contributed by atoms with Gasteiger partial charge in [0.15, 0.2) is 0 Å². The lowest BCUT2D eigenvalue weighted by Gasteiger charge is -2.30. The Labute approximate surface area is 188 Å². The summed E-state index contributed by atoms with van der Waals surface area (Å²) in [7, 11) is 0. The number of piperidine rings is 1. The smallest absolute Gasteiger partial charge is 0.409 e. The molecule has 1 saturated heterocycles. The van der Waals surface area contributed by atoms with Crippen LogP contribution in [0.3, 0.4) is 0 Å². The molecule has 3 rings (SSSR count). The number of carbonyl (C=O) groups is 2. The Morgan fingerprint density at radius 3 is 2.68 bits per heavy atom. The molecule has 1 N–H and O–H groups in total. The van der Waals surface area contributed by atoms with Crippen molar-refractivity contribution in [3.05, 3.63) is 58.6 Å². The summed E-state index contributed by atoms with van der Waals surface area (Å²) in [4.78, 5) is 31.3. The molecule has 6 nitrogen and oxygen atoms in total. The Kier molecular flexibility index (Phi) is 7.49. The first-order valence-corrected chi connectivity index (χ1v) is 11.6. The number of nitrogens with zero attached hydrogens (tertiary/aromatic N) is 2. The fourth-order valence-electron chi connectivity index (χ4n) is 3.64. The fraction of sp³-hybridized carbons (Fsp3) is 0.458. The summed E-state index contributed by atoms with van der Waals surface area (Å²) in [6.45, 7) is 11.6. The molecule has 2 amide bonds. The first kappa shape index (κ1) is 23.0. The van der Waals surface area contributed by atoms with Crippen molar-refractivity contribution in [3.8, 4) is 0 Å². The van der Waals surface area contributed by atoms with Crippen molar-refractivity contribution < 1.29 is 14.3 Å². The second-order valence-corrected chi connectivity index (χ2v) is 9.66. The van der Waals surface area contributed by atoms with Crippen molar-refractivity contribution in [2.75, 3.05) is 25.0 Å². The lowest BCUT2D eigenvalue weighted by atomic mass is 9.86. The second-order valence-electron chi connectivity index (χ2n) is 8.77. The monoisotopic (exact) mass is 441 g/mol. The molecule has 2 aromatic rings. The van der Waals surface area contributed by atoms with Crippen LogP contribution in [-0.4, -0.2) is 41.6 Å². The van der Waals surface area contributed by atoms with Gasteiger partial charge in [0.05, 0.1) is 11.6 Å². The number of benzene rings is 1. The number of amides is 2. The zero-order chi connectivity index (χ0) is 22.4. The molecule has 0 radical (unpaired) electrons. The molecular formula is C24H31N3O3S. The third-order valence-electron chi connectivity index (χ3n) is 5.39. The molecule has 1 aliphatic heterocycles. The van der Waals surface area contributed by atoms with Gasteiger partial charge in [0, 0.05) is 30.1 Å². The fourth-order valence-corrected chi connectivity index (χ4v) is 4.61. The largest absolute Gasteiger partial charge is 0.449 e. The molecule has 0 bridgehead atoms. The maximum absolute atomic E-state index is 12.8. The van der Waals surface area contributed by atoms with Crippen LogP contribution in [0.1, 0.15) is 67.0 Å². The Morgan fingerprint density at radius 1 is 1.29 bits per heavy atom. The Hall–Kier alpha value is -2.67. The molecule has 31 heavy (non-hydrogen) atoms. The van der Waals surface area contributed by atoms with Crippen LogP contribution in [0.2, 0.25) is 0 Å². The molecule has 0 unspecified atom stereocenters. The van der Waals surface area contributed by atoms with E-state index in [1.54, 1.807) is 11.0 Å². The number of hydrogen-bond donors (Lipinski definition) is 1. The number of aromatic nitrogens is 1. The maximum atomic E-state index is 12.8. The van der Waals surface area contributed by atoms with Gasteiger partial charge in [0.1, 0.15) is 5.69 Å². The molecule has 1 aliphatic rings. The summed E-state index contributed by atoms with van der Waals surface area (Å²) in [5, 5.41) is 5.80. The molecular weight excluding hydrogens is 410 g/mol. The average Bonchev–Trinajstić information content (AvgIpc) is 3.24. The Balaban J connectivity index is 1.58. The summed E-state index contributed by atoms with van der Waals surface area (Å²) in [5.74, 6) is 0.0630. The van der Waals surface area contributed by atoms with E-state index >= 15 is 0 Å². The van der Waals surface area contributed by atoms with E-state index in [2.05, 4.69) is 37.7 Å². The second kappa shape index (κ2) is 10.1. The topological polar surface area (TPSA) is 71.5 Å². The minimum atomic E-state index is -0.267. The van der Waals surface area contributed by atoms with Crippen molar-refractivity contribution >= 4 is 29.0 Å². The van der Waals surface area contributed by atoms with Gasteiger partial charge in [0.25, 0.3) is 5.91 Å². The van der Waals surface area contributed by atoms with E-state index < -0.39 is 0 Å². The van der Waals surface area contributed by atoms with E-state index in [0.717, 1.165) is 29.1 Å². The molecule has 2 heterocycles. The molecule has 0 aliphatic carbocycles. The van der Waals surface area contributed by atoms with Gasteiger partial charge in [-0.15, -0.1) is 17.9 Å². The van der Waals surface area contributed by atoms with Crippen LogP contribution < -0.4 is 5.32 Å². The van der Waals surface area contributed by atoms with E-state index in [1.807, 2.05) is 29.6 Å². The van der Waals surface area contributed by atoms with Crippen molar-refractivity contribution in [2.24, 2.45) is 0 Å². The van der Waals surface area contributed by atoms with Crippen molar-refractivity contribution in [2.45, 2.75) is 51.4 Å². The lowest BCUT2D eigenvalue weighted by Crippen LogP contribution is -2.38. The minimum absolute atomic E-state index is 0.0715. The summed E-state index contributed by atoms with van der Waals surface area (Å²) in [5.41, 5.74) is 2.27. The van der Waals surface area contributed by atoms with E-state index in [9.17, 15) is 9.59 Å². The number of rotatable bonds is 6. The van der Waals surface area contributed by atoms with Gasteiger partial charge in [-0.3, -0.25) is 4.79 Å². The van der Waals surface area contributed by atoms with Crippen LogP contribution in [0.5, 0.6) is 0 Å². The van der Waals surface area contributed by atoms with Gasteiger partial charge in [0.2, 0.25) is 0 Å². The molecule has 7 heteroatoms. The molecule has 166 valence electrons. The third-order valence-corrected chi connectivity index (χ3v) is 6.39. The zero-order valence-electron chi connectivity index (χ0n) is 18.5. The van der Waals surface area contributed by atoms with Crippen molar-refractivity contribution in [1.29, 1.82) is 0 Å². The van der Waals surface area contributed by atoms with E-state index in [4.69, 9.17) is 4.74 Å². The number of carbonyl (C=O) groups excluding carboxylic acids is 2. The van der Waals surface area contributed by atoms with Gasteiger partial charge in [-0.05, 0) is 36.3 Å². The number of hydrogen-bond acceptors (Lipinski definition) is 5. The highest BCUT2D eigenvalue weighted by atomic mass is 32.1. The van der Waals surface area contributed by atoms with Crippen LogP contribution in [-0.2, 0) is 10.2 Å². The highest BCUT2D eigenvalue weighted by molar-refractivity contribution is 7.10. The standard InChI is InChI=1S/C24H31N3O3S/c1-5-6-15-30-23(29)27-13-11-17(12-14-27)22-26-20(16-31-22)21(28)25-19-10-8-7-9-18(19)24(2,3)4/h5,7-10,16-17H,1,6,11-15H2,2-4H3,(H,25,28). The molecule has 1 aromatic heterocycles.